The molecule has 1 fully saturated rings. The van der Waals surface area contributed by atoms with E-state index in [1.165, 1.54) is 4.90 Å². The van der Waals surface area contributed by atoms with Gasteiger partial charge in [-0.2, -0.15) is 0 Å². The van der Waals surface area contributed by atoms with E-state index in [0.717, 1.165) is 17.1 Å². The van der Waals surface area contributed by atoms with Gasteiger partial charge >= 0.3 is 0 Å². The maximum atomic E-state index is 12.7. The fourth-order valence-corrected chi connectivity index (χ4v) is 2.79. The van der Waals surface area contributed by atoms with Gasteiger partial charge in [0.1, 0.15) is 17.2 Å². The van der Waals surface area contributed by atoms with Gasteiger partial charge in [0.15, 0.2) is 5.11 Å². The van der Waals surface area contributed by atoms with E-state index in [4.69, 9.17) is 21.7 Å². The van der Waals surface area contributed by atoms with Crippen LogP contribution in [0.5, 0.6) is 11.5 Å². The second kappa shape index (κ2) is 7.36. The molecule has 1 N–H and O–H groups in total. The Labute approximate surface area is 151 Å². The summed E-state index contributed by atoms with van der Waals surface area (Å²) in [5.74, 6) is 1.33. The molecular formula is C19H18N2O3S. The summed E-state index contributed by atoms with van der Waals surface area (Å²) in [6, 6.07) is 14.7. The van der Waals surface area contributed by atoms with E-state index in [0.29, 0.717) is 23.1 Å². The largest absolute Gasteiger partial charge is 0.497 e. The molecule has 0 saturated carbocycles. The molecule has 5 nitrogen and oxygen atoms in total. The van der Waals surface area contributed by atoms with Gasteiger partial charge in [0.25, 0.3) is 5.91 Å². The Balaban J connectivity index is 1.82. The van der Waals surface area contributed by atoms with Gasteiger partial charge in [-0.05, 0) is 67.2 Å². The molecule has 2 aromatic carbocycles. The van der Waals surface area contributed by atoms with Gasteiger partial charge in [-0.15, -0.1) is 0 Å². The topological polar surface area (TPSA) is 50.8 Å². The van der Waals surface area contributed by atoms with Crippen molar-refractivity contribution in [1.29, 1.82) is 0 Å². The van der Waals surface area contributed by atoms with E-state index in [2.05, 4.69) is 5.32 Å². The zero-order chi connectivity index (χ0) is 17.8. The molecule has 1 aliphatic heterocycles. The Morgan fingerprint density at radius 3 is 2.32 bits per heavy atom. The zero-order valence-electron chi connectivity index (χ0n) is 14.0. The number of carbonyl (C=O) groups excluding carboxylic acids is 1. The predicted octanol–water partition coefficient (Wildman–Crippen LogP) is 3.36. The maximum absolute atomic E-state index is 12.7. The second-order valence-corrected chi connectivity index (χ2v) is 5.72. The summed E-state index contributed by atoms with van der Waals surface area (Å²) in [7, 11) is 1.61. The van der Waals surface area contributed by atoms with Crippen molar-refractivity contribution in [3.05, 3.63) is 59.8 Å². The molecule has 128 valence electrons. The SMILES string of the molecule is CCOc1ccc(N2C(=O)/C(=C\c3ccc(OC)cc3)NC2=S)cc1. The molecule has 0 spiro atoms. The lowest BCUT2D eigenvalue weighted by molar-refractivity contribution is -0.113. The molecule has 0 atom stereocenters. The van der Waals surface area contributed by atoms with E-state index in [9.17, 15) is 4.79 Å². The third-order valence-electron chi connectivity index (χ3n) is 3.71. The molecule has 3 rings (SSSR count). The number of methoxy groups -OCH3 is 1. The zero-order valence-corrected chi connectivity index (χ0v) is 14.8. The Kier molecular flexibility index (Phi) is 5.00. The van der Waals surface area contributed by atoms with Gasteiger partial charge in [-0.1, -0.05) is 12.1 Å². The van der Waals surface area contributed by atoms with Crippen molar-refractivity contribution in [2.45, 2.75) is 6.92 Å². The summed E-state index contributed by atoms with van der Waals surface area (Å²) in [5.41, 5.74) is 2.01. The minimum atomic E-state index is -0.190. The van der Waals surface area contributed by atoms with E-state index < -0.39 is 0 Å². The van der Waals surface area contributed by atoms with Crippen LogP contribution >= 0.6 is 12.2 Å². The highest BCUT2D eigenvalue weighted by atomic mass is 32.1. The second-order valence-electron chi connectivity index (χ2n) is 5.33. The molecule has 0 unspecified atom stereocenters. The van der Waals surface area contributed by atoms with Gasteiger partial charge in [0, 0.05) is 0 Å². The summed E-state index contributed by atoms with van der Waals surface area (Å²) in [6.45, 7) is 2.52. The highest BCUT2D eigenvalue weighted by Gasteiger charge is 2.31. The summed E-state index contributed by atoms with van der Waals surface area (Å²) < 4.78 is 10.6. The molecule has 6 heteroatoms. The lowest BCUT2D eigenvalue weighted by atomic mass is 10.2. The van der Waals surface area contributed by atoms with Crippen molar-refractivity contribution in [1.82, 2.24) is 5.32 Å². The summed E-state index contributed by atoms with van der Waals surface area (Å²) in [6.07, 6.45) is 1.77. The molecule has 1 aliphatic rings. The Morgan fingerprint density at radius 2 is 1.72 bits per heavy atom. The molecule has 1 heterocycles. The fraction of sp³-hybridized carbons (Fsp3) is 0.158. The van der Waals surface area contributed by atoms with Gasteiger partial charge in [0.2, 0.25) is 0 Å². The van der Waals surface area contributed by atoms with Crippen molar-refractivity contribution in [2.75, 3.05) is 18.6 Å². The minimum absolute atomic E-state index is 0.190. The Bertz CT molecular complexity index is 814. The first-order valence-electron chi connectivity index (χ1n) is 7.86. The third-order valence-corrected chi connectivity index (χ3v) is 4.00. The first-order valence-corrected chi connectivity index (χ1v) is 8.27. The van der Waals surface area contributed by atoms with Crippen molar-refractivity contribution in [3.63, 3.8) is 0 Å². The molecule has 25 heavy (non-hydrogen) atoms. The predicted molar refractivity (Wildman–Crippen MR) is 102 cm³/mol. The van der Waals surface area contributed by atoms with Gasteiger partial charge in [0.05, 0.1) is 19.4 Å². The van der Waals surface area contributed by atoms with Crippen LogP contribution in [0.2, 0.25) is 0 Å². The highest BCUT2D eigenvalue weighted by Crippen LogP contribution is 2.25. The lowest BCUT2D eigenvalue weighted by Crippen LogP contribution is -2.30. The summed E-state index contributed by atoms with van der Waals surface area (Å²) in [5, 5.41) is 3.33. The fourth-order valence-electron chi connectivity index (χ4n) is 2.49. The van der Waals surface area contributed by atoms with Crippen LogP contribution in [-0.4, -0.2) is 24.7 Å². The molecule has 2 aromatic rings. The molecule has 0 radical (unpaired) electrons. The van der Waals surface area contributed by atoms with Crippen LogP contribution in [0.25, 0.3) is 6.08 Å². The van der Waals surface area contributed by atoms with Gasteiger partial charge < -0.3 is 14.8 Å². The number of amides is 1. The number of carbonyl (C=O) groups is 1. The summed E-state index contributed by atoms with van der Waals surface area (Å²) >= 11 is 5.32. The molecule has 0 aliphatic carbocycles. The number of thiocarbonyl (C=S) groups is 1. The van der Waals surface area contributed by atoms with E-state index in [1.807, 2.05) is 55.5 Å². The van der Waals surface area contributed by atoms with Crippen LogP contribution in [0.1, 0.15) is 12.5 Å². The molecule has 1 saturated heterocycles. The van der Waals surface area contributed by atoms with Gasteiger partial charge in [-0.25, -0.2) is 0 Å². The van der Waals surface area contributed by atoms with Crippen LogP contribution in [0, 0.1) is 0 Å². The van der Waals surface area contributed by atoms with E-state index in [1.54, 1.807) is 13.2 Å². The van der Waals surface area contributed by atoms with Crippen molar-refractivity contribution >= 4 is 35.0 Å². The summed E-state index contributed by atoms with van der Waals surface area (Å²) in [4.78, 5) is 14.2. The first-order chi connectivity index (χ1) is 12.1. The molecule has 1 amide bonds. The smallest absolute Gasteiger partial charge is 0.281 e. The monoisotopic (exact) mass is 354 g/mol. The quantitative estimate of drug-likeness (QED) is 0.659. The molecular weight excluding hydrogens is 336 g/mol. The van der Waals surface area contributed by atoms with Crippen LogP contribution in [0.4, 0.5) is 5.69 Å². The number of hydrogen-bond donors (Lipinski definition) is 1. The molecule has 0 bridgehead atoms. The first kappa shape index (κ1) is 17.0. The van der Waals surface area contributed by atoms with Crippen LogP contribution < -0.4 is 19.7 Å². The lowest BCUT2D eigenvalue weighted by Gasteiger charge is -2.14. The van der Waals surface area contributed by atoms with Crippen molar-refractivity contribution in [3.8, 4) is 11.5 Å². The van der Waals surface area contributed by atoms with E-state index in [-0.39, 0.29) is 5.91 Å². The maximum Gasteiger partial charge on any atom is 0.281 e. The number of rotatable bonds is 5. The number of anilines is 1. The van der Waals surface area contributed by atoms with Crippen molar-refractivity contribution < 1.29 is 14.3 Å². The highest BCUT2D eigenvalue weighted by molar-refractivity contribution is 7.80. The number of nitrogens with zero attached hydrogens (tertiary/aromatic N) is 1. The van der Waals surface area contributed by atoms with Crippen molar-refractivity contribution in [2.24, 2.45) is 0 Å². The Morgan fingerprint density at radius 1 is 1.08 bits per heavy atom. The third kappa shape index (κ3) is 3.64. The minimum Gasteiger partial charge on any atom is -0.497 e. The average Bonchev–Trinajstić information content (AvgIpc) is 2.90. The number of ether oxygens (including phenoxy) is 2. The molecule has 0 aromatic heterocycles. The number of hydrogen-bond acceptors (Lipinski definition) is 4. The van der Waals surface area contributed by atoms with Crippen LogP contribution in [0.3, 0.4) is 0 Å². The standard InChI is InChI=1S/C19H18N2O3S/c1-3-24-16-10-6-14(7-11-16)21-18(22)17(20-19(21)25)12-13-4-8-15(23-2)9-5-13/h4-12H,3H2,1-2H3,(H,20,25)/b17-12+. The van der Waals surface area contributed by atoms with Gasteiger partial charge in [-0.3, -0.25) is 9.69 Å². The Hall–Kier alpha value is -2.86. The van der Waals surface area contributed by atoms with Crippen LogP contribution in [0.15, 0.2) is 54.2 Å². The average molecular weight is 354 g/mol. The van der Waals surface area contributed by atoms with E-state index >= 15 is 0 Å². The van der Waals surface area contributed by atoms with Crippen LogP contribution in [-0.2, 0) is 4.79 Å². The number of benzene rings is 2. The number of nitrogens with one attached hydrogen (secondary N) is 1. The normalized spacial score (nSPS) is 15.4.